The zero-order valence-electron chi connectivity index (χ0n) is 20.6. The molecule has 0 aliphatic rings. The molecule has 1 amide bonds. The number of sulfonamides is 1. The quantitative estimate of drug-likeness (QED) is 0.138. The van der Waals surface area contributed by atoms with Gasteiger partial charge in [-0.1, -0.05) is 40.2 Å². The highest BCUT2D eigenvalue weighted by Crippen LogP contribution is 2.23. The summed E-state index contributed by atoms with van der Waals surface area (Å²) in [7, 11) is -4.07. The minimum absolute atomic E-state index is 0.0285. The lowest BCUT2D eigenvalue weighted by Gasteiger charge is -2.15. The summed E-state index contributed by atoms with van der Waals surface area (Å²) in [4.78, 5) is 33.7. The summed E-state index contributed by atoms with van der Waals surface area (Å²) in [5.41, 5.74) is 1.63. The highest BCUT2D eigenvalue weighted by Gasteiger charge is 2.25. The Morgan fingerprint density at radius 2 is 1.54 bits per heavy atom. The molecule has 206 valence electrons. The lowest BCUT2D eigenvalue weighted by atomic mass is 10.1. The number of carboxylic acids is 1. The van der Waals surface area contributed by atoms with Gasteiger partial charge in [-0.2, -0.15) is 4.72 Å². The zero-order chi connectivity index (χ0) is 28.4. The van der Waals surface area contributed by atoms with Gasteiger partial charge in [-0.15, -0.1) is 0 Å². The van der Waals surface area contributed by atoms with E-state index in [2.05, 4.69) is 26.0 Å². The maximum atomic E-state index is 12.8. The second kappa shape index (κ2) is 13.8. The van der Waals surface area contributed by atoms with Crippen molar-refractivity contribution >= 4 is 43.5 Å². The summed E-state index contributed by atoms with van der Waals surface area (Å²) in [6, 6.07) is 17.6. The number of non-ortho nitro benzene ring substituents is 1. The van der Waals surface area contributed by atoms with E-state index in [9.17, 15) is 33.2 Å². The Morgan fingerprint density at radius 3 is 2.10 bits per heavy atom. The number of rotatable bonds is 14. The Kier molecular flexibility index (Phi) is 10.5. The Balaban J connectivity index is 1.43. The topological polar surface area (TPSA) is 165 Å². The standard InChI is InChI=1S/C26H26BrN3O8S/c27-20-8-4-18(5-9-20)19-6-14-23(15-7-19)39(36,37)29-24(26(32)33)3-1-2-16-28-25(31)17-38-22-12-10-21(11-13-22)30(34)35/h4-15,24,29H,1-3,16-17H2,(H,28,31)(H,32,33). The molecule has 0 saturated carbocycles. The minimum atomic E-state index is -4.07. The van der Waals surface area contributed by atoms with Gasteiger partial charge in [-0.3, -0.25) is 19.7 Å². The molecule has 0 aromatic heterocycles. The summed E-state index contributed by atoms with van der Waals surface area (Å²) >= 11 is 3.37. The first-order chi connectivity index (χ1) is 18.5. The van der Waals surface area contributed by atoms with Gasteiger partial charge in [0.15, 0.2) is 6.61 Å². The van der Waals surface area contributed by atoms with Gasteiger partial charge in [0.1, 0.15) is 11.8 Å². The van der Waals surface area contributed by atoms with Crippen molar-refractivity contribution in [2.24, 2.45) is 0 Å². The molecule has 3 aromatic carbocycles. The van der Waals surface area contributed by atoms with Crippen LogP contribution < -0.4 is 14.8 Å². The van der Waals surface area contributed by atoms with Crippen LogP contribution in [0, 0.1) is 10.1 Å². The van der Waals surface area contributed by atoms with E-state index in [1.807, 2.05) is 24.3 Å². The third-order valence-electron chi connectivity index (χ3n) is 5.60. The molecule has 0 heterocycles. The first-order valence-electron chi connectivity index (χ1n) is 11.8. The fourth-order valence-electron chi connectivity index (χ4n) is 3.52. The summed E-state index contributed by atoms with van der Waals surface area (Å²) in [5, 5.41) is 22.8. The molecule has 0 saturated heterocycles. The number of hydrogen-bond acceptors (Lipinski definition) is 7. The number of nitro benzene ring substituents is 1. The summed E-state index contributed by atoms with van der Waals surface area (Å²) in [6.45, 7) is -0.0605. The van der Waals surface area contributed by atoms with Crippen LogP contribution in [0.25, 0.3) is 11.1 Å². The van der Waals surface area contributed by atoms with Crippen LogP contribution in [0.5, 0.6) is 5.75 Å². The number of aliphatic carboxylic acids is 1. The molecule has 0 radical (unpaired) electrons. The first kappa shape index (κ1) is 29.7. The Bertz CT molecular complexity index is 1400. The predicted molar refractivity (Wildman–Crippen MR) is 147 cm³/mol. The molecular weight excluding hydrogens is 594 g/mol. The summed E-state index contributed by atoms with van der Waals surface area (Å²) in [6.07, 6.45) is 0.781. The van der Waals surface area contributed by atoms with Crippen LogP contribution in [-0.4, -0.2) is 49.5 Å². The van der Waals surface area contributed by atoms with E-state index in [1.165, 1.54) is 36.4 Å². The maximum Gasteiger partial charge on any atom is 0.321 e. The number of unbranched alkanes of at least 4 members (excludes halogenated alkanes) is 1. The summed E-state index contributed by atoms with van der Waals surface area (Å²) < 4.78 is 34.0. The van der Waals surface area contributed by atoms with E-state index in [0.29, 0.717) is 18.6 Å². The second-order valence-electron chi connectivity index (χ2n) is 8.43. The lowest BCUT2D eigenvalue weighted by Crippen LogP contribution is -2.40. The molecule has 39 heavy (non-hydrogen) atoms. The van der Waals surface area contributed by atoms with Crippen LogP contribution in [0.1, 0.15) is 19.3 Å². The zero-order valence-corrected chi connectivity index (χ0v) is 23.0. The van der Waals surface area contributed by atoms with E-state index in [0.717, 1.165) is 15.6 Å². The molecular formula is C26H26BrN3O8S. The van der Waals surface area contributed by atoms with Crippen LogP contribution in [0.3, 0.4) is 0 Å². The average Bonchev–Trinajstić information content (AvgIpc) is 2.91. The van der Waals surface area contributed by atoms with Gasteiger partial charge >= 0.3 is 5.97 Å². The molecule has 11 nitrogen and oxygen atoms in total. The molecule has 0 spiro atoms. The van der Waals surface area contributed by atoms with Crippen molar-refractivity contribution < 1.29 is 32.8 Å². The van der Waals surface area contributed by atoms with Gasteiger partial charge in [-0.25, -0.2) is 8.42 Å². The lowest BCUT2D eigenvalue weighted by molar-refractivity contribution is -0.384. The Hall–Kier alpha value is -3.81. The maximum absolute atomic E-state index is 12.8. The van der Waals surface area contributed by atoms with Crippen molar-refractivity contribution in [3.63, 3.8) is 0 Å². The minimum Gasteiger partial charge on any atom is -0.484 e. The molecule has 13 heteroatoms. The molecule has 0 aliphatic heterocycles. The van der Waals surface area contributed by atoms with Gasteiger partial charge < -0.3 is 15.2 Å². The number of ether oxygens (including phenoxy) is 1. The Labute approximate surface area is 233 Å². The average molecular weight is 620 g/mol. The Morgan fingerprint density at radius 1 is 0.949 bits per heavy atom. The van der Waals surface area contributed by atoms with Gasteiger partial charge in [0.25, 0.3) is 11.6 Å². The van der Waals surface area contributed by atoms with Gasteiger partial charge in [0.05, 0.1) is 9.82 Å². The number of halogens is 1. The van der Waals surface area contributed by atoms with Gasteiger partial charge in [-0.05, 0) is 66.8 Å². The molecule has 3 aromatic rings. The SMILES string of the molecule is O=C(COc1ccc([N+](=O)[O-])cc1)NCCCCC(NS(=O)(=O)c1ccc(-c2ccc(Br)cc2)cc1)C(=O)O. The smallest absolute Gasteiger partial charge is 0.321 e. The molecule has 3 rings (SSSR count). The van der Waals surface area contributed by atoms with Crippen LogP contribution in [0.15, 0.2) is 82.2 Å². The fraction of sp³-hybridized carbons (Fsp3) is 0.231. The second-order valence-corrected chi connectivity index (χ2v) is 11.1. The number of nitrogens with zero attached hydrogens (tertiary/aromatic N) is 1. The first-order valence-corrected chi connectivity index (χ1v) is 14.1. The van der Waals surface area contributed by atoms with E-state index in [4.69, 9.17) is 4.74 Å². The number of carboxylic acid groups (broad SMARTS) is 1. The molecule has 1 atom stereocenters. The summed E-state index contributed by atoms with van der Waals surface area (Å²) in [5.74, 6) is -1.42. The fourth-order valence-corrected chi connectivity index (χ4v) is 5.01. The molecule has 0 bridgehead atoms. The van der Waals surface area contributed by atoms with Crippen molar-refractivity contribution in [3.8, 4) is 16.9 Å². The number of nitro groups is 1. The van der Waals surface area contributed by atoms with Crippen molar-refractivity contribution in [2.75, 3.05) is 13.2 Å². The number of nitrogens with one attached hydrogen (secondary N) is 2. The van der Waals surface area contributed by atoms with E-state index >= 15 is 0 Å². The van der Waals surface area contributed by atoms with E-state index < -0.39 is 32.9 Å². The van der Waals surface area contributed by atoms with Crippen molar-refractivity contribution in [2.45, 2.75) is 30.2 Å². The van der Waals surface area contributed by atoms with Crippen molar-refractivity contribution in [1.29, 1.82) is 0 Å². The number of benzene rings is 3. The third-order valence-corrected chi connectivity index (χ3v) is 7.61. The van der Waals surface area contributed by atoms with Crippen LogP contribution in [-0.2, 0) is 19.6 Å². The number of carbonyl (C=O) groups is 2. The normalized spacial score (nSPS) is 11.9. The highest BCUT2D eigenvalue weighted by atomic mass is 79.9. The molecule has 0 fully saturated rings. The monoisotopic (exact) mass is 619 g/mol. The third kappa shape index (κ3) is 9.16. The molecule has 0 aliphatic carbocycles. The molecule has 1 unspecified atom stereocenters. The van der Waals surface area contributed by atoms with Gasteiger partial charge in [0, 0.05) is 23.2 Å². The number of carbonyl (C=O) groups excluding carboxylic acids is 1. The predicted octanol–water partition coefficient (Wildman–Crippen LogP) is 4.12. The van der Waals surface area contributed by atoms with E-state index in [-0.39, 0.29) is 30.2 Å². The largest absolute Gasteiger partial charge is 0.484 e. The van der Waals surface area contributed by atoms with E-state index in [1.54, 1.807) is 12.1 Å². The van der Waals surface area contributed by atoms with Crippen LogP contribution >= 0.6 is 15.9 Å². The van der Waals surface area contributed by atoms with Gasteiger partial charge in [0.2, 0.25) is 10.0 Å². The van der Waals surface area contributed by atoms with Crippen LogP contribution in [0.4, 0.5) is 5.69 Å². The number of hydrogen-bond donors (Lipinski definition) is 3. The van der Waals surface area contributed by atoms with Crippen molar-refractivity contribution in [3.05, 3.63) is 87.4 Å². The highest BCUT2D eigenvalue weighted by molar-refractivity contribution is 9.10. The number of amides is 1. The van der Waals surface area contributed by atoms with Crippen LogP contribution in [0.2, 0.25) is 0 Å². The van der Waals surface area contributed by atoms with Crippen molar-refractivity contribution in [1.82, 2.24) is 10.0 Å². The molecule has 3 N–H and O–H groups in total.